The Kier molecular flexibility index (Phi) is 5.22. The molecule has 0 atom stereocenters. The predicted molar refractivity (Wildman–Crippen MR) is 226 cm³/mol. The third kappa shape index (κ3) is 4.86. The summed E-state index contributed by atoms with van der Waals surface area (Å²) in [5, 5.41) is 2.14. The molecular weight excluding hydrogens is 677 g/mol. The summed E-state index contributed by atoms with van der Waals surface area (Å²) in [6, 6.07) is 37.0. The fraction of sp³-hybridized carbons (Fsp3) is 0. The molecule has 0 spiro atoms. The van der Waals surface area contributed by atoms with E-state index in [1.165, 1.54) is 6.07 Å². The van der Waals surface area contributed by atoms with Crippen LogP contribution in [0.5, 0.6) is 0 Å². The average molecular weight is 716 g/mol. The van der Waals surface area contributed by atoms with Crippen LogP contribution in [0.25, 0.3) is 104 Å². The maximum Gasteiger partial charge on any atom is 0.166 e. The molecule has 11 aromatic rings. The zero-order chi connectivity index (χ0) is 43.4. The Balaban J connectivity index is 1.32. The maximum absolute atomic E-state index is 9.60. The second-order valence-corrected chi connectivity index (χ2v) is 13.9. The minimum Gasteiger partial charge on any atom is -0.308 e. The van der Waals surface area contributed by atoms with Gasteiger partial charge in [0.2, 0.25) is 0 Å². The summed E-state index contributed by atoms with van der Waals surface area (Å²) in [4.78, 5) is 15.2. The first-order valence-electron chi connectivity index (χ1n) is 21.9. The van der Waals surface area contributed by atoms with Crippen LogP contribution in [0.1, 0.15) is 12.3 Å². The molecule has 0 aliphatic carbocycles. The van der Waals surface area contributed by atoms with Crippen LogP contribution in [0.3, 0.4) is 0 Å². The van der Waals surface area contributed by atoms with E-state index in [0.717, 1.165) is 42.4 Å². The van der Waals surface area contributed by atoms with Gasteiger partial charge >= 0.3 is 0 Å². The molecule has 0 unspecified atom stereocenters. The van der Waals surface area contributed by atoms with Crippen molar-refractivity contribution in [1.82, 2.24) is 19.5 Å². The highest BCUT2D eigenvalue weighted by molar-refractivity contribution is 7.26. The average Bonchev–Trinajstić information content (AvgIpc) is 3.88. The molecule has 3 heterocycles. The molecule has 0 aliphatic heterocycles. The number of rotatable bonds is 5. The molecule has 0 saturated carbocycles. The fourth-order valence-corrected chi connectivity index (χ4v) is 8.58. The molecule has 0 radical (unpaired) electrons. The van der Waals surface area contributed by atoms with Gasteiger partial charge in [-0.3, -0.25) is 0 Å². The van der Waals surface area contributed by atoms with Gasteiger partial charge in [0.25, 0.3) is 0 Å². The van der Waals surface area contributed by atoms with E-state index in [1.807, 2.05) is 97.1 Å². The minimum atomic E-state index is -0.554. The van der Waals surface area contributed by atoms with Crippen molar-refractivity contribution < 1.29 is 12.3 Å². The SMILES string of the molecule is [2H]c1cc([2H])c2c(c1[2H])c1c3c([2H])c([2H])c([2H])c([2H])c3c([2H])c([2H])c1n2-c1ccc(-c2cccc3c2sc2ccccc23)cc1-c1nc(-c2ccccc2)nc(-c2ccccc2)n1. The summed E-state index contributed by atoms with van der Waals surface area (Å²) in [7, 11) is 0. The molecule has 4 nitrogen and oxygen atoms in total. The van der Waals surface area contributed by atoms with Gasteiger partial charge in [-0.25, -0.2) is 15.0 Å². The van der Waals surface area contributed by atoms with Gasteiger partial charge in [0.05, 0.1) is 29.1 Å². The van der Waals surface area contributed by atoms with Crippen molar-refractivity contribution in [2.75, 3.05) is 0 Å². The number of fused-ring (bicyclic) bond motifs is 8. The Morgan fingerprint density at radius 2 is 1.17 bits per heavy atom. The Hall–Kier alpha value is -6.95. The number of thiophene rings is 1. The third-order valence-corrected chi connectivity index (χ3v) is 11.0. The number of hydrogen-bond donors (Lipinski definition) is 0. The van der Waals surface area contributed by atoms with E-state index in [-0.39, 0.29) is 62.6 Å². The second-order valence-electron chi connectivity index (χ2n) is 12.9. The van der Waals surface area contributed by atoms with E-state index in [2.05, 4.69) is 24.3 Å². The van der Waals surface area contributed by atoms with Crippen LogP contribution >= 0.6 is 11.3 Å². The van der Waals surface area contributed by atoms with E-state index >= 15 is 0 Å². The number of para-hydroxylation sites is 1. The van der Waals surface area contributed by atoms with Crippen molar-refractivity contribution in [2.24, 2.45) is 0 Å². The van der Waals surface area contributed by atoms with Gasteiger partial charge in [0.1, 0.15) is 0 Å². The topological polar surface area (TPSA) is 43.6 Å². The quantitative estimate of drug-likeness (QED) is 0.178. The van der Waals surface area contributed by atoms with Gasteiger partial charge in [-0.15, -0.1) is 11.3 Å². The van der Waals surface area contributed by atoms with Gasteiger partial charge in [0, 0.05) is 47.6 Å². The van der Waals surface area contributed by atoms with Gasteiger partial charge in [0.15, 0.2) is 17.5 Å². The molecule has 0 amide bonds. The first-order chi connectivity index (χ1) is 30.5. The first kappa shape index (κ1) is 22.9. The molecule has 5 heteroatoms. The summed E-state index contributed by atoms with van der Waals surface area (Å²) in [5.74, 6) is 1.05. The van der Waals surface area contributed by atoms with Crippen LogP contribution < -0.4 is 0 Å². The van der Waals surface area contributed by atoms with E-state index in [1.54, 1.807) is 15.9 Å². The molecule has 0 fully saturated rings. The lowest BCUT2D eigenvalue weighted by molar-refractivity contribution is 1.06. The summed E-state index contributed by atoms with van der Waals surface area (Å²) in [6.07, 6.45) is 0. The molecule has 54 heavy (non-hydrogen) atoms. The lowest BCUT2D eigenvalue weighted by Gasteiger charge is -2.16. The van der Waals surface area contributed by atoms with Crippen molar-refractivity contribution in [3.8, 4) is 51.0 Å². The Bertz CT molecular complexity index is 3680. The smallest absolute Gasteiger partial charge is 0.166 e. The van der Waals surface area contributed by atoms with Crippen molar-refractivity contribution in [2.45, 2.75) is 0 Å². The molecule has 0 saturated heterocycles. The van der Waals surface area contributed by atoms with Crippen LogP contribution in [0.15, 0.2) is 182 Å². The van der Waals surface area contributed by atoms with E-state index in [4.69, 9.17) is 21.8 Å². The van der Waals surface area contributed by atoms with Crippen LogP contribution in [-0.2, 0) is 0 Å². The van der Waals surface area contributed by atoms with Gasteiger partial charge < -0.3 is 4.57 Å². The molecule has 11 rings (SSSR count). The minimum absolute atomic E-state index is 0.0429. The third-order valence-electron chi connectivity index (χ3n) is 9.79. The van der Waals surface area contributed by atoms with Crippen molar-refractivity contribution >= 4 is 64.1 Å². The Labute approximate surface area is 327 Å². The largest absolute Gasteiger partial charge is 0.308 e. The molecular formula is C49H30N4S. The normalized spacial score (nSPS) is 14.0. The van der Waals surface area contributed by atoms with E-state index in [0.29, 0.717) is 22.9 Å². The second kappa shape index (κ2) is 12.3. The lowest BCUT2D eigenvalue weighted by Crippen LogP contribution is -2.04. The zero-order valence-electron chi connectivity index (χ0n) is 37.3. The highest BCUT2D eigenvalue weighted by atomic mass is 32.1. The number of benzene rings is 8. The van der Waals surface area contributed by atoms with Crippen LogP contribution in [0.2, 0.25) is 0 Å². The predicted octanol–water partition coefficient (Wildman–Crippen LogP) is 13.2. The van der Waals surface area contributed by atoms with Gasteiger partial charge in [-0.2, -0.15) is 0 Å². The summed E-state index contributed by atoms with van der Waals surface area (Å²) in [5.41, 5.74) is 4.27. The summed E-state index contributed by atoms with van der Waals surface area (Å²) < 4.78 is 85.2. The van der Waals surface area contributed by atoms with E-state index in [9.17, 15) is 5.48 Å². The van der Waals surface area contributed by atoms with Crippen molar-refractivity contribution in [3.05, 3.63) is 182 Å². The molecule has 0 N–H and O–H groups in total. The highest BCUT2D eigenvalue weighted by Crippen LogP contribution is 2.43. The Morgan fingerprint density at radius 1 is 0.463 bits per heavy atom. The molecule has 0 bridgehead atoms. The zero-order valence-corrected chi connectivity index (χ0v) is 29.1. The number of aromatic nitrogens is 4. The highest BCUT2D eigenvalue weighted by Gasteiger charge is 2.22. The monoisotopic (exact) mass is 715 g/mol. The van der Waals surface area contributed by atoms with Gasteiger partial charge in [-0.05, 0) is 52.2 Å². The number of hydrogen-bond acceptors (Lipinski definition) is 4. The number of nitrogens with zero attached hydrogens (tertiary/aromatic N) is 4. The summed E-state index contributed by atoms with van der Waals surface area (Å²) >= 11 is 1.69. The first-order valence-corrected chi connectivity index (χ1v) is 18.2. The standard InChI is InChI=1S/C49H30N4S/c1-3-15-32(16-4-1)47-50-48(33-17-5-2-6-18-33)52-49(51-47)40-30-34(36-22-13-23-38-37-20-10-12-25-44(37)54-46(36)38)27-28-42(40)53-41-24-11-9-21-39(41)45-35-19-8-7-14-31(35)26-29-43(45)53/h1-30H/i7D,8D,9D,14D,19D,21D,24D,26D,29D. The Morgan fingerprint density at radius 3 is 1.98 bits per heavy atom. The van der Waals surface area contributed by atoms with Crippen molar-refractivity contribution in [3.63, 3.8) is 0 Å². The maximum atomic E-state index is 9.60. The molecule has 252 valence electrons. The summed E-state index contributed by atoms with van der Waals surface area (Å²) in [6.45, 7) is 0. The van der Waals surface area contributed by atoms with Crippen LogP contribution in [-0.4, -0.2) is 19.5 Å². The molecule has 3 aromatic heterocycles. The fourth-order valence-electron chi connectivity index (χ4n) is 7.34. The van der Waals surface area contributed by atoms with Gasteiger partial charge in [-0.1, -0.05) is 151 Å². The lowest BCUT2D eigenvalue weighted by atomic mass is 9.99. The molecule has 8 aromatic carbocycles. The van der Waals surface area contributed by atoms with Crippen LogP contribution in [0, 0.1) is 0 Å². The van der Waals surface area contributed by atoms with Crippen molar-refractivity contribution in [1.29, 1.82) is 0 Å². The van der Waals surface area contributed by atoms with Crippen LogP contribution in [0.4, 0.5) is 0 Å². The van der Waals surface area contributed by atoms with E-state index < -0.39 is 30.2 Å². The molecule has 0 aliphatic rings.